The fourth-order valence-electron chi connectivity index (χ4n) is 4.57. The molecule has 1 aliphatic carbocycles. The minimum Gasteiger partial charge on any atom is -0.497 e. The molecule has 2 unspecified atom stereocenters. The topological polar surface area (TPSA) is 102 Å². The smallest absolute Gasteiger partial charge is 0.327 e. The van der Waals surface area contributed by atoms with E-state index in [2.05, 4.69) is 10.1 Å². The van der Waals surface area contributed by atoms with Crippen molar-refractivity contribution in [2.45, 2.75) is 44.8 Å². The first-order chi connectivity index (χ1) is 15.6. The van der Waals surface area contributed by atoms with E-state index in [4.69, 9.17) is 13.7 Å². The molecule has 0 radical (unpaired) electrons. The third-order valence-corrected chi connectivity index (χ3v) is 6.21. The van der Waals surface area contributed by atoms with Gasteiger partial charge in [-0.05, 0) is 49.2 Å². The number of methoxy groups -OCH3 is 1. The number of imide groups is 1. The summed E-state index contributed by atoms with van der Waals surface area (Å²) < 4.78 is 16.0. The molecule has 166 valence electrons. The maximum absolute atomic E-state index is 13.4. The molecule has 3 amide bonds. The second-order valence-electron chi connectivity index (χ2n) is 8.11. The number of rotatable bonds is 6. The number of furan rings is 1. The monoisotopic (exact) mass is 436 g/mol. The number of benzene rings is 1. The third kappa shape index (κ3) is 3.74. The fraction of sp³-hybridized carbons (Fsp3) is 0.391. The molecule has 1 aliphatic heterocycles. The molecule has 1 saturated carbocycles. The van der Waals surface area contributed by atoms with Crippen LogP contribution in [-0.4, -0.2) is 45.0 Å². The Bertz CT molecular complexity index is 1090. The number of carbonyl (C=O) groups excluding carboxylic acids is 2. The predicted molar refractivity (Wildman–Crippen MR) is 112 cm³/mol. The average Bonchev–Trinajstić information content (AvgIpc) is 3.52. The van der Waals surface area contributed by atoms with Gasteiger partial charge >= 0.3 is 6.03 Å². The molecule has 32 heavy (non-hydrogen) atoms. The number of nitrogens with zero attached hydrogens (tertiary/aromatic N) is 4. The highest BCUT2D eigenvalue weighted by atomic mass is 16.5. The van der Waals surface area contributed by atoms with Gasteiger partial charge in [-0.1, -0.05) is 18.0 Å². The van der Waals surface area contributed by atoms with E-state index >= 15 is 0 Å². The number of aromatic nitrogens is 2. The Morgan fingerprint density at radius 3 is 2.66 bits per heavy atom. The Morgan fingerprint density at radius 1 is 1.09 bits per heavy atom. The van der Waals surface area contributed by atoms with Crippen molar-refractivity contribution in [3.8, 4) is 17.1 Å². The summed E-state index contributed by atoms with van der Waals surface area (Å²) in [5.74, 6) is 1.73. The van der Waals surface area contributed by atoms with Crippen molar-refractivity contribution < 1.29 is 23.3 Å². The quantitative estimate of drug-likeness (QED) is 0.578. The van der Waals surface area contributed by atoms with Crippen molar-refractivity contribution in [1.82, 2.24) is 19.9 Å². The van der Waals surface area contributed by atoms with Gasteiger partial charge in [0.1, 0.15) is 18.1 Å². The van der Waals surface area contributed by atoms with Crippen molar-refractivity contribution in [1.29, 1.82) is 0 Å². The highest BCUT2D eigenvalue weighted by molar-refractivity contribution is 5.98. The van der Waals surface area contributed by atoms with Crippen LogP contribution in [0.1, 0.15) is 37.3 Å². The van der Waals surface area contributed by atoms with Gasteiger partial charge in [-0.15, -0.1) is 0 Å². The Labute approximate surface area is 184 Å². The molecule has 1 saturated heterocycles. The second kappa shape index (κ2) is 8.49. The summed E-state index contributed by atoms with van der Waals surface area (Å²) in [6.07, 6.45) is 5.05. The van der Waals surface area contributed by atoms with Crippen molar-refractivity contribution in [2.24, 2.45) is 5.92 Å². The minimum absolute atomic E-state index is 0.116. The second-order valence-corrected chi connectivity index (χ2v) is 8.11. The zero-order valence-electron chi connectivity index (χ0n) is 17.8. The first kappa shape index (κ1) is 20.3. The summed E-state index contributed by atoms with van der Waals surface area (Å²) in [4.78, 5) is 33.9. The van der Waals surface area contributed by atoms with E-state index in [1.165, 1.54) is 11.2 Å². The zero-order valence-corrected chi connectivity index (χ0v) is 17.8. The molecule has 3 aromatic rings. The van der Waals surface area contributed by atoms with Gasteiger partial charge in [-0.25, -0.2) is 4.79 Å². The summed E-state index contributed by atoms with van der Waals surface area (Å²) in [5.41, 5.74) is 0.788. The van der Waals surface area contributed by atoms with E-state index in [9.17, 15) is 9.59 Å². The molecule has 2 fully saturated rings. The number of urea groups is 1. The first-order valence-electron chi connectivity index (χ1n) is 10.8. The normalized spacial score (nSPS) is 21.0. The van der Waals surface area contributed by atoms with Crippen LogP contribution in [0.25, 0.3) is 11.4 Å². The van der Waals surface area contributed by atoms with Gasteiger partial charge in [-0.2, -0.15) is 4.98 Å². The average molecular weight is 436 g/mol. The number of ether oxygens (including phenoxy) is 1. The highest BCUT2D eigenvalue weighted by Gasteiger charge is 2.47. The molecule has 2 aliphatic rings. The maximum atomic E-state index is 13.4. The molecule has 0 bridgehead atoms. The summed E-state index contributed by atoms with van der Waals surface area (Å²) >= 11 is 0. The molecule has 5 rings (SSSR count). The van der Waals surface area contributed by atoms with Crippen LogP contribution in [0.4, 0.5) is 4.79 Å². The highest BCUT2D eigenvalue weighted by Crippen LogP contribution is 2.36. The Morgan fingerprint density at radius 2 is 1.91 bits per heavy atom. The predicted octanol–water partition coefficient (Wildman–Crippen LogP) is 3.86. The van der Waals surface area contributed by atoms with Crippen LogP contribution < -0.4 is 4.74 Å². The third-order valence-electron chi connectivity index (χ3n) is 6.21. The lowest BCUT2D eigenvalue weighted by molar-refractivity contribution is -0.141. The molecule has 1 aromatic carbocycles. The van der Waals surface area contributed by atoms with E-state index in [0.717, 1.165) is 37.0 Å². The Hall–Kier alpha value is -3.62. The number of carbonyl (C=O) groups is 2. The van der Waals surface area contributed by atoms with Crippen molar-refractivity contribution in [3.05, 3.63) is 54.3 Å². The fourth-order valence-corrected chi connectivity index (χ4v) is 4.57. The Balaban J connectivity index is 1.39. The SMILES string of the molecule is COc1ccc(-c2noc(CN3C(=O)N(Cc4ccco4)C(=O)C4CCCCC43)n2)cc1. The number of hydrogen-bond acceptors (Lipinski definition) is 7. The first-order valence-corrected chi connectivity index (χ1v) is 10.8. The van der Waals surface area contributed by atoms with Crippen LogP contribution in [0, 0.1) is 5.92 Å². The van der Waals surface area contributed by atoms with E-state index in [-0.39, 0.29) is 37.0 Å². The lowest BCUT2D eigenvalue weighted by atomic mass is 9.81. The van der Waals surface area contributed by atoms with Crippen LogP contribution >= 0.6 is 0 Å². The van der Waals surface area contributed by atoms with Crippen molar-refractivity contribution in [2.75, 3.05) is 7.11 Å². The van der Waals surface area contributed by atoms with Crippen LogP contribution in [0.5, 0.6) is 5.75 Å². The molecular formula is C23H24N4O5. The summed E-state index contributed by atoms with van der Waals surface area (Å²) in [6.45, 7) is 0.274. The van der Waals surface area contributed by atoms with Gasteiger partial charge in [0.25, 0.3) is 0 Å². The van der Waals surface area contributed by atoms with E-state index in [0.29, 0.717) is 17.5 Å². The van der Waals surface area contributed by atoms with Gasteiger partial charge in [0.15, 0.2) is 0 Å². The lowest BCUT2D eigenvalue weighted by Crippen LogP contribution is -2.61. The molecule has 0 N–H and O–H groups in total. The number of fused-ring (bicyclic) bond motifs is 1. The van der Waals surface area contributed by atoms with E-state index < -0.39 is 0 Å². The molecule has 9 nitrogen and oxygen atoms in total. The standard InChI is InChI=1S/C23H24N4O5/c1-30-16-10-8-15(9-11-16)21-24-20(32-25-21)14-26-19-7-3-2-6-18(19)22(28)27(23(26)29)13-17-5-4-12-31-17/h4-5,8-12,18-19H,2-3,6-7,13-14H2,1H3. The molecule has 2 atom stereocenters. The van der Waals surface area contributed by atoms with Gasteiger partial charge in [0.2, 0.25) is 17.6 Å². The molecule has 9 heteroatoms. The lowest BCUT2D eigenvalue weighted by Gasteiger charge is -2.46. The molecular weight excluding hydrogens is 412 g/mol. The number of amides is 3. The largest absolute Gasteiger partial charge is 0.497 e. The van der Waals surface area contributed by atoms with E-state index in [1.807, 2.05) is 24.3 Å². The molecule has 2 aromatic heterocycles. The number of hydrogen-bond donors (Lipinski definition) is 0. The van der Waals surface area contributed by atoms with Gasteiger partial charge in [-0.3, -0.25) is 9.69 Å². The van der Waals surface area contributed by atoms with Gasteiger partial charge in [0, 0.05) is 11.6 Å². The van der Waals surface area contributed by atoms with Crippen LogP contribution in [0.15, 0.2) is 51.6 Å². The van der Waals surface area contributed by atoms with Gasteiger partial charge < -0.3 is 18.6 Å². The summed E-state index contributed by atoms with van der Waals surface area (Å²) in [7, 11) is 1.61. The van der Waals surface area contributed by atoms with Crippen LogP contribution in [0.3, 0.4) is 0 Å². The van der Waals surface area contributed by atoms with Crippen LogP contribution in [0.2, 0.25) is 0 Å². The van der Waals surface area contributed by atoms with Crippen molar-refractivity contribution >= 4 is 11.9 Å². The van der Waals surface area contributed by atoms with Crippen LogP contribution in [-0.2, 0) is 17.9 Å². The summed E-state index contributed by atoms with van der Waals surface area (Å²) in [6, 6.07) is 10.3. The maximum Gasteiger partial charge on any atom is 0.327 e. The Kier molecular flexibility index (Phi) is 5.38. The molecule has 0 spiro atoms. The molecule has 3 heterocycles. The van der Waals surface area contributed by atoms with Crippen molar-refractivity contribution in [3.63, 3.8) is 0 Å². The van der Waals surface area contributed by atoms with E-state index in [1.54, 1.807) is 24.1 Å². The summed E-state index contributed by atoms with van der Waals surface area (Å²) in [5, 5.41) is 4.07. The van der Waals surface area contributed by atoms with Gasteiger partial charge in [0.05, 0.1) is 25.8 Å². The minimum atomic E-state index is -0.348. The zero-order chi connectivity index (χ0) is 22.1.